The molecule has 0 aliphatic carbocycles. The summed E-state index contributed by atoms with van der Waals surface area (Å²) in [6.45, 7) is 3.49. The van der Waals surface area contributed by atoms with Crippen LogP contribution in [0, 0.1) is 0 Å². The van der Waals surface area contributed by atoms with Crippen LogP contribution in [0.3, 0.4) is 0 Å². The first kappa shape index (κ1) is 18.6. The molecule has 1 amide bonds. The lowest BCUT2D eigenvalue weighted by atomic mass is 10.0. The molecule has 0 saturated carbocycles. The van der Waals surface area contributed by atoms with Crippen molar-refractivity contribution in [3.8, 4) is 5.75 Å². The molecule has 2 saturated heterocycles. The van der Waals surface area contributed by atoms with Gasteiger partial charge in [-0.25, -0.2) is 0 Å². The normalized spacial score (nSPS) is 27.9. The first-order valence-electron chi connectivity index (χ1n) is 9.31. The van der Waals surface area contributed by atoms with E-state index in [9.17, 15) is 18.0 Å². The summed E-state index contributed by atoms with van der Waals surface area (Å²) in [5, 5.41) is 0. The SMILES string of the molecule is CN1CCC(N2C[C@@H]3Oc4ccc(C(F)(F)F)cc4C(=O)N(C)[C@@H]3C2)CC1. The highest BCUT2D eigenvalue weighted by atomic mass is 19.4. The minimum atomic E-state index is -4.49. The first-order valence-corrected chi connectivity index (χ1v) is 9.31. The van der Waals surface area contributed by atoms with Crippen molar-refractivity contribution in [2.75, 3.05) is 40.3 Å². The summed E-state index contributed by atoms with van der Waals surface area (Å²) in [7, 11) is 3.78. The van der Waals surface area contributed by atoms with Crippen molar-refractivity contribution in [1.82, 2.24) is 14.7 Å². The zero-order chi connectivity index (χ0) is 19.3. The molecule has 8 heteroatoms. The molecule has 148 valence electrons. The predicted octanol–water partition coefficient (Wildman–Crippen LogP) is 2.32. The van der Waals surface area contributed by atoms with Crippen molar-refractivity contribution < 1.29 is 22.7 Å². The van der Waals surface area contributed by atoms with E-state index < -0.39 is 17.6 Å². The number of likely N-dealkylation sites (N-methyl/N-ethyl adjacent to an activating group) is 1. The monoisotopic (exact) mass is 383 g/mol. The number of ether oxygens (including phenoxy) is 1. The molecule has 1 aromatic carbocycles. The Morgan fingerprint density at radius 3 is 2.48 bits per heavy atom. The van der Waals surface area contributed by atoms with Crippen LogP contribution in [0.5, 0.6) is 5.75 Å². The largest absolute Gasteiger partial charge is 0.486 e. The second-order valence-corrected chi connectivity index (χ2v) is 7.84. The lowest BCUT2D eigenvalue weighted by Gasteiger charge is -2.35. The number of carbonyl (C=O) groups excluding carboxylic acids is 1. The molecule has 3 heterocycles. The van der Waals surface area contributed by atoms with Gasteiger partial charge in [-0.2, -0.15) is 13.2 Å². The van der Waals surface area contributed by atoms with Gasteiger partial charge in [0.25, 0.3) is 5.91 Å². The van der Waals surface area contributed by atoms with Gasteiger partial charge in [0.05, 0.1) is 17.2 Å². The second-order valence-electron chi connectivity index (χ2n) is 7.84. The van der Waals surface area contributed by atoms with Gasteiger partial charge in [0.15, 0.2) is 0 Å². The number of fused-ring (bicyclic) bond motifs is 2. The molecule has 2 atom stereocenters. The minimum absolute atomic E-state index is 0.00688. The maximum absolute atomic E-state index is 13.0. The number of halogens is 3. The summed E-state index contributed by atoms with van der Waals surface area (Å²) in [5.41, 5.74) is -0.834. The van der Waals surface area contributed by atoms with Crippen LogP contribution in [0.4, 0.5) is 13.2 Å². The maximum atomic E-state index is 13.0. The fourth-order valence-corrected chi connectivity index (χ4v) is 4.41. The lowest BCUT2D eigenvalue weighted by molar-refractivity contribution is -0.137. The van der Waals surface area contributed by atoms with Gasteiger partial charge in [0.1, 0.15) is 11.9 Å². The summed E-state index contributed by atoms with van der Waals surface area (Å²) in [5.74, 6) is -0.161. The van der Waals surface area contributed by atoms with Crippen molar-refractivity contribution in [2.45, 2.75) is 37.2 Å². The number of alkyl halides is 3. The Hall–Kier alpha value is -1.80. The molecular weight excluding hydrogens is 359 g/mol. The number of nitrogens with zero attached hydrogens (tertiary/aromatic N) is 3. The van der Waals surface area contributed by atoms with Gasteiger partial charge in [-0.3, -0.25) is 9.69 Å². The Balaban J connectivity index is 1.57. The fraction of sp³-hybridized carbons (Fsp3) is 0.632. The minimum Gasteiger partial charge on any atom is -0.486 e. The van der Waals surface area contributed by atoms with Crippen molar-refractivity contribution in [3.63, 3.8) is 0 Å². The van der Waals surface area contributed by atoms with Crippen LogP contribution >= 0.6 is 0 Å². The third-order valence-corrected chi connectivity index (χ3v) is 6.10. The topological polar surface area (TPSA) is 36.0 Å². The molecule has 1 aromatic rings. The summed E-state index contributed by atoms with van der Waals surface area (Å²) in [6.07, 6.45) is -2.55. The number of likely N-dealkylation sites (tertiary alicyclic amines) is 2. The number of benzene rings is 1. The number of hydrogen-bond acceptors (Lipinski definition) is 4. The zero-order valence-corrected chi connectivity index (χ0v) is 15.5. The summed E-state index contributed by atoms with van der Waals surface area (Å²) in [6, 6.07) is 3.48. The van der Waals surface area contributed by atoms with Crippen molar-refractivity contribution in [1.29, 1.82) is 0 Å². The van der Waals surface area contributed by atoms with Crippen molar-refractivity contribution >= 4 is 5.91 Å². The van der Waals surface area contributed by atoms with Crippen LogP contribution in [0.15, 0.2) is 18.2 Å². The quantitative estimate of drug-likeness (QED) is 0.746. The molecule has 3 aliphatic heterocycles. The van der Waals surface area contributed by atoms with Crippen LogP contribution in [0.2, 0.25) is 0 Å². The van der Waals surface area contributed by atoms with Gasteiger partial charge in [0.2, 0.25) is 0 Å². The predicted molar refractivity (Wildman–Crippen MR) is 93.8 cm³/mol. The van der Waals surface area contributed by atoms with E-state index in [1.807, 2.05) is 0 Å². The van der Waals surface area contributed by atoms with E-state index in [-0.39, 0.29) is 23.5 Å². The number of piperidine rings is 1. The number of rotatable bonds is 1. The first-order chi connectivity index (χ1) is 12.7. The molecule has 0 spiro atoms. The van der Waals surface area contributed by atoms with Gasteiger partial charge in [-0.05, 0) is 51.2 Å². The van der Waals surface area contributed by atoms with E-state index in [4.69, 9.17) is 4.74 Å². The van der Waals surface area contributed by atoms with E-state index in [0.717, 1.165) is 38.1 Å². The summed E-state index contributed by atoms with van der Waals surface area (Å²) >= 11 is 0. The van der Waals surface area contributed by atoms with Crippen LogP contribution < -0.4 is 4.74 Å². The Bertz CT molecular complexity index is 731. The Morgan fingerprint density at radius 2 is 1.81 bits per heavy atom. The number of carbonyl (C=O) groups is 1. The molecule has 3 aliphatic rings. The highest BCUT2D eigenvalue weighted by Gasteiger charge is 2.45. The van der Waals surface area contributed by atoms with Gasteiger partial charge in [-0.1, -0.05) is 0 Å². The molecule has 0 radical (unpaired) electrons. The highest BCUT2D eigenvalue weighted by Crippen LogP contribution is 2.37. The van der Waals surface area contributed by atoms with E-state index in [0.29, 0.717) is 19.1 Å². The van der Waals surface area contributed by atoms with Gasteiger partial charge < -0.3 is 14.5 Å². The number of amides is 1. The molecule has 0 bridgehead atoms. The van der Waals surface area contributed by atoms with Crippen LogP contribution in [0.25, 0.3) is 0 Å². The van der Waals surface area contributed by atoms with E-state index in [1.165, 1.54) is 6.07 Å². The Labute approximate surface area is 156 Å². The van der Waals surface area contributed by atoms with Gasteiger partial charge in [0, 0.05) is 26.2 Å². The van der Waals surface area contributed by atoms with Crippen molar-refractivity contribution in [2.24, 2.45) is 0 Å². The average Bonchev–Trinajstić information content (AvgIpc) is 3.00. The smallest absolute Gasteiger partial charge is 0.416 e. The van der Waals surface area contributed by atoms with Gasteiger partial charge >= 0.3 is 6.18 Å². The third-order valence-electron chi connectivity index (χ3n) is 6.10. The molecule has 2 fully saturated rings. The van der Waals surface area contributed by atoms with E-state index >= 15 is 0 Å². The summed E-state index contributed by atoms with van der Waals surface area (Å²) in [4.78, 5) is 19.1. The Kier molecular flexibility index (Phi) is 4.58. The summed E-state index contributed by atoms with van der Waals surface area (Å²) < 4.78 is 45.1. The third kappa shape index (κ3) is 3.40. The molecule has 5 nitrogen and oxygen atoms in total. The molecule has 27 heavy (non-hydrogen) atoms. The molecule has 0 aromatic heterocycles. The highest BCUT2D eigenvalue weighted by molar-refractivity contribution is 5.97. The van der Waals surface area contributed by atoms with Crippen molar-refractivity contribution in [3.05, 3.63) is 29.3 Å². The average molecular weight is 383 g/mol. The van der Waals surface area contributed by atoms with Crippen LogP contribution in [-0.2, 0) is 6.18 Å². The standard InChI is InChI=1S/C19H24F3N3O2/c1-23-7-5-13(6-8-23)25-10-15-17(11-25)27-16-4-3-12(19(20,21)22)9-14(16)18(26)24(15)2/h3-4,9,13,15,17H,5-8,10-11H2,1-2H3/t15-,17+/m1/s1. The van der Waals surface area contributed by atoms with Crippen LogP contribution in [-0.4, -0.2) is 79.1 Å². The molecule has 0 unspecified atom stereocenters. The van der Waals surface area contributed by atoms with Crippen LogP contribution in [0.1, 0.15) is 28.8 Å². The van der Waals surface area contributed by atoms with E-state index in [1.54, 1.807) is 11.9 Å². The molecule has 0 N–H and O–H groups in total. The Morgan fingerprint density at radius 1 is 1.11 bits per heavy atom. The molecule has 4 rings (SSSR count). The number of hydrogen-bond donors (Lipinski definition) is 0. The second kappa shape index (κ2) is 6.67. The lowest BCUT2D eigenvalue weighted by Crippen LogP contribution is -2.45. The van der Waals surface area contributed by atoms with E-state index in [2.05, 4.69) is 16.8 Å². The zero-order valence-electron chi connectivity index (χ0n) is 15.5. The maximum Gasteiger partial charge on any atom is 0.416 e. The fourth-order valence-electron chi connectivity index (χ4n) is 4.41. The van der Waals surface area contributed by atoms with Gasteiger partial charge in [-0.15, -0.1) is 0 Å². The molecular formula is C19H24F3N3O2.